The Kier molecular flexibility index (Phi) is 4.60. The number of terminal acetylenes is 1. The van der Waals surface area contributed by atoms with Crippen molar-refractivity contribution in [3.05, 3.63) is 0 Å². The van der Waals surface area contributed by atoms with E-state index in [0.29, 0.717) is 0 Å². The minimum atomic E-state index is -1.10. The number of carboxylic acid groups (broad SMARTS) is 1. The molecule has 0 aromatic heterocycles. The van der Waals surface area contributed by atoms with Crippen LogP contribution in [0.25, 0.3) is 0 Å². The molecule has 0 aromatic carbocycles. The van der Waals surface area contributed by atoms with Crippen LogP contribution < -0.4 is 5.32 Å². The Balaban J connectivity index is 4.20. The zero-order valence-corrected chi connectivity index (χ0v) is 7.70. The van der Waals surface area contributed by atoms with Gasteiger partial charge in [0.15, 0.2) is 0 Å². The van der Waals surface area contributed by atoms with E-state index < -0.39 is 12.0 Å². The maximum absolute atomic E-state index is 11.1. The molecule has 0 saturated carbocycles. The number of hydrogen-bond donors (Lipinski definition) is 2. The number of rotatable bonds is 4. The first-order chi connectivity index (χ1) is 5.99. The standard InChI is InChI=1S/C9H13NO3/c1-4-5-7(9(12)13)10-8(11)6(2)3/h1,6-7H,5H2,2-3H3,(H,10,11)(H,12,13)/t7-/m1/s1. The zero-order valence-electron chi connectivity index (χ0n) is 7.70. The smallest absolute Gasteiger partial charge is 0.327 e. The van der Waals surface area contributed by atoms with Gasteiger partial charge in [0.2, 0.25) is 5.91 Å². The van der Waals surface area contributed by atoms with Crippen LogP contribution in [0.15, 0.2) is 0 Å². The van der Waals surface area contributed by atoms with E-state index in [1.54, 1.807) is 13.8 Å². The molecule has 72 valence electrons. The van der Waals surface area contributed by atoms with Gasteiger partial charge in [0.05, 0.1) is 0 Å². The normalized spacial score (nSPS) is 11.8. The summed E-state index contributed by atoms with van der Waals surface area (Å²) in [5, 5.41) is 11.0. The monoisotopic (exact) mass is 183 g/mol. The summed E-state index contributed by atoms with van der Waals surface area (Å²) in [6.07, 6.45) is 4.96. The van der Waals surface area contributed by atoms with Gasteiger partial charge in [0.1, 0.15) is 6.04 Å². The van der Waals surface area contributed by atoms with Crippen molar-refractivity contribution in [2.24, 2.45) is 5.92 Å². The highest BCUT2D eigenvalue weighted by atomic mass is 16.4. The molecule has 0 rings (SSSR count). The van der Waals surface area contributed by atoms with E-state index in [1.807, 2.05) is 0 Å². The molecule has 2 N–H and O–H groups in total. The zero-order chi connectivity index (χ0) is 10.4. The molecular weight excluding hydrogens is 170 g/mol. The Labute approximate surface area is 77.3 Å². The first-order valence-electron chi connectivity index (χ1n) is 3.95. The molecule has 0 saturated heterocycles. The Morgan fingerprint density at radius 1 is 1.54 bits per heavy atom. The number of carbonyl (C=O) groups is 2. The minimum Gasteiger partial charge on any atom is -0.480 e. The van der Waals surface area contributed by atoms with Crippen LogP contribution in [0.4, 0.5) is 0 Å². The SMILES string of the molecule is C#CC[C@@H](NC(=O)C(C)C)C(=O)O. The van der Waals surface area contributed by atoms with E-state index in [2.05, 4.69) is 11.2 Å². The quantitative estimate of drug-likeness (QED) is 0.613. The molecule has 1 amide bonds. The highest BCUT2D eigenvalue weighted by Gasteiger charge is 2.19. The Morgan fingerprint density at radius 2 is 2.08 bits per heavy atom. The van der Waals surface area contributed by atoms with Crippen molar-refractivity contribution in [2.45, 2.75) is 26.3 Å². The number of amides is 1. The molecule has 4 heteroatoms. The summed E-state index contributed by atoms with van der Waals surface area (Å²) in [6.45, 7) is 3.37. The lowest BCUT2D eigenvalue weighted by Gasteiger charge is -2.13. The Hall–Kier alpha value is -1.50. The molecule has 0 aliphatic rings. The van der Waals surface area contributed by atoms with Gasteiger partial charge >= 0.3 is 5.97 Å². The van der Waals surface area contributed by atoms with E-state index in [-0.39, 0.29) is 18.2 Å². The van der Waals surface area contributed by atoms with Crippen LogP contribution in [0.1, 0.15) is 20.3 Å². The third kappa shape index (κ3) is 4.16. The highest BCUT2D eigenvalue weighted by Crippen LogP contribution is 1.96. The lowest BCUT2D eigenvalue weighted by molar-refractivity contribution is -0.142. The van der Waals surface area contributed by atoms with Gasteiger partial charge in [-0.05, 0) is 0 Å². The fraction of sp³-hybridized carbons (Fsp3) is 0.556. The van der Waals surface area contributed by atoms with E-state index in [4.69, 9.17) is 11.5 Å². The number of carbonyl (C=O) groups excluding carboxylic acids is 1. The molecule has 0 aliphatic heterocycles. The van der Waals surface area contributed by atoms with Crippen molar-refractivity contribution in [3.63, 3.8) is 0 Å². The molecule has 0 fully saturated rings. The van der Waals surface area contributed by atoms with E-state index >= 15 is 0 Å². The molecule has 4 nitrogen and oxygen atoms in total. The molecular formula is C9H13NO3. The maximum atomic E-state index is 11.1. The topological polar surface area (TPSA) is 66.4 Å². The maximum Gasteiger partial charge on any atom is 0.327 e. The van der Waals surface area contributed by atoms with Crippen LogP contribution in [-0.2, 0) is 9.59 Å². The second-order valence-electron chi connectivity index (χ2n) is 2.96. The first-order valence-corrected chi connectivity index (χ1v) is 3.95. The predicted octanol–water partition coefficient (Wildman–Crippen LogP) is 0.235. The largest absolute Gasteiger partial charge is 0.480 e. The third-order valence-corrected chi connectivity index (χ3v) is 1.46. The van der Waals surface area contributed by atoms with Crippen LogP contribution in [0.3, 0.4) is 0 Å². The van der Waals surface area contributed by atoms with Crippen molar-refractivity contribution in [1.29, 1.82) is 0 Å². The third-order valence-electron chi connectivity index (χ3n) is 1.46. The van der Waals surface area contributed by atoms with Crippen molar-refractivity contribution in [3.8, 4) is 12.3 Å². The van der Waals surface area contributed by atoms with Gasteiger partial charge in [-0.3, -0.25) is 4.79 Å². The Morgan fingerprint density at radius 3 is 2.38 bits per heavy atom. The number of carboxylic acids is 1. The van der Waals surface area contributed by atoms with Crippen molar-refractivity contribution >= 4 is 11.9 Å². The van der Waals surface area contributed by atoms with Crippen molar-refractivity contribution < 1.29 is 14.7 Å². The van der Waals surface area contributed by atoms with Crippen LogP contribution in [0.5, 0.6) is 0 Å². The molecule has 1 atom stereocenters. The molecule has 0 unspecified atom stereocenters. The first kappa shape index (κ1) is 11.5. The van der Waals surface area contributed by atoms with Gasteiger partial charge in [-0.2, -0.15) is 0 Å². The summed E-state index contributed by atoms with van der Waals surface area (Å²) >= 11 is 0. The average Bonchev–Trinajstić information content (AvgIpc) is 2.03. The highest BCUT2D eigenvalue weighted by molar-refractivity contribution is 5.84. The molecule has 0 aromatic rings. The number of hydrogen-bond acceptors (Lipinski definition) is 2. The molecule has 0 spiro atoms. The number of aliphatic carboxylic acids is 1. The fourth-order valence-electron chi connectivity index (χ4n) is 0.656. The van der Waals surface area contributed by atoms with Crippen LogP contribution in [0, 0.1) is 18.3 Å². The van der Waals surface area contributed by atoms with E-state index in [0.717, 1.165) is 0 Å². The van der Waals surface area contributed by atoms with Crippen molar-refractivity contribution in [1.82, 2.24) is 5.32 Å². The fourth-order valence-corrected chi connectivity index (χ4v) is 0.656. The van der Waals surface area contributed by atoms with E-state index in [9.17, 15) is 9.59 Å². The number of nitrogens with one attached hydrogen (secondary N) is 1. The van der Waals surface area contributed by atoms with Crippen LogP contribution in [0.2, 0.25) is 0 Å². The van der Waals surface area contributed by atoms with Gasteiger partial charge in [-0.25, -0.2) is 4.79 Å². The summed E-state index contributed by atoms with van der Waals surface area (Å²) < 4.78 is 0. The van der Waals surface area contributed by atoms with Gasteiger partial charge in [0.25, 0.3) is 0 Å². The lowest BCUT2D eigenvalue weighted by atomic mass is 10.1. The van der Waals surface area contributed by atoms with Crippen LogP contribution >= 0.6 is 0 Å². The van der Waals surface area contributed by atoms with Gasteiger partial charge in [-0.15, -0.1) is 12.3 Å². The minimum absolute atomic E-state index is 0.00773. The molecule has 0 radical (unpaired) electrons. The Bertz CT molecular complexity index is 240. The summed E-state index contributed by atoms with van der Waals surface area (Å²) in [6, 6.07) is -0.972. The lowest BCUT2D eigenvalue weighted by Crippen LogP contribution is -2.42. The molecule has 0 heterocycles. The second kappa shape index (κ2) is 5.20. The summed E-state index contributed by atoms with van der Waals surface area (Å²) in [5.41, 5.74) is 0. The second-order valence-corrected chi connectivity index (χ2v) is 2.96. The van der Waals surface area contributed by atoms with Crippen molar-refractivity contribution in [2.75, 3.05) is 0 Å². The van der Waals surface area contributed by atoms with E-state index in [1.165, 1.54) is 0 Å². The van der Waals surface area contributed by atoms with Crippen LogP contribution in [-0.4, -0.2) is 23.0 Å². The predicted molar refractivity (Wildman–Crippen MR) is 47.9 cm³/mol. The molecule has 13 heavy (non-hydrogen) atoms. The molecule has 0 aliphatic carbocycles. The van der Waals surface area contributed by atoms with Gasteiger partial charge in [-0.1, -0.05) is 13.8 Å². The summed E-state index contributed by atoms with van der Waals surface area (Å²) in [5.74, 6) is 0.554. The molecule has 0 bridgehead atoms. The van der Waals surface area contributed by atoms with Gasteiger partial charge < -0.3 is 10.4 Å². The van der Waals surface area contributed by atoms with Gasteiger partial charge in [0, 0.05) is 12.3 Å². The summed E-state index contributed by atoms with van der Waals surface area (Å²) in [7, 11) is 0. The summed E-state index contributed by atoms with van der Waals surface area (Å²) in [4.78, 5) is 21.6. The average molecular weight is 183 g/mol.